The first kappa shape index (κ1) is 65.8. The van der Waals surface area contributed by atoms with E-state index in [-0.39, 0.29) is 50.4 Å². The Hall–Kier alpha value is -5.23. The second-order valence-corrected chi connectivity index (χ2v) is 17.4. The minimum atomic E-state index is -0.851. The quantitative estimate of drug-likeness (QED) is 0.0262. The zero-order valence-corrected chi connectivity index (χ0v) is 44.9. The van der Waals surface area contributed by atoms with E-state index in [0.717, 1.165) is 116 Å². The van der Waals surface area contributed by atoms with E-state index in [0.29, 0.717) is 19.3 Å². The lowest BCUT2D eigenvalue weighted by atomic mass is 10.1. The van der Waals surface area contributed by atoms with Crippen LogP contribution in [0.5, 0.6) is 0 Å². The van der Waals surface area contributed by atoms with Crippen LogP contribution in [0.1, 0.15) is 201 Å². The molecule has 0 bridgehead atoms. The van der Waals surface area contributed by atoms with Gasteiger partial charge in [0.25, 0.3) is 0 Å². The first-order chi connectivity index (χ1) is 35.0. The molecule has 0 aliphatic heterocycles. The van der Waals surface area contributed by atoms with Crippen LogP contribution < -0.4 is 0 Å². The largest absolute Gasteiger partial charge is 0.462 e. The first-order valence-corrected chi connectivity index (χ1v) is 27.6. The van der Waals surface area contributed by atoms with Gasteiger partial charge in [-0.15, -0.1) is 0 Å². The van der Waals surface area contributed by atoms with Crippen LogP contribution >= 0.6 is 0 Å². The highest BCUT2D eigenvalue weighted by molar-refractivity contribution is 5.71. The van der Waals surface area contributed by atoms with Crippen LogP contribution in [0.15, 0.2) is 170 Å². The van der Waals surface area contributed by atoms with E-state index < -0.39 is 6.10 Å². The summed E-state index contributed by atoms with van der Waals surface area (Å²) in [6.45, 7) is 6.23. The Morgan fingerprint density at radius 3 is 0.873 bits per heavy atom. The Kier molecular flexibility index (Phi) is 53.1. The normalized spacial score (nSPS) is 13.5. The lowest BCUT2D eigenvalue weighted by molar-refractivity contribution is -0.167. The second kappa shape index (κ2) is 57.3. The van der Waals surface area contributed by atoms with E-state index in [1.165, 1.54) is 25.7 Å². The van der Waals surface area contributed by atoms with E-state index >= 15 is 0 Å². The Morgan fingerprint density at radius 1 is 0.296 bits per heavy atom. The van der Waals surface area contributed by atoms with Gasteiger partial charge in [0.1, 0.15) is 13.2 Å². The molecule has 0 aromatic carbocycles. The molecular weight excluding hydrogens is 877 g/mol. The van der Waals surface area contributed by atoms with Crippen molar-refractivity contribution in [2.75, 3.05) is 13.2 Å². The van der Waals surface area contributed by atoms with Crippen molar-refractivity contribution in [2.45, 2.75) is 207 Å². The standard InChI is InChI=1S/C65H98O6/c1-4-7-10-13-16-19-22-25-28-31-32-35-38-41-44-47-50-53-56-59-65(68)71-62(60-69-63(66)57-54-51-48-45-42-39-36-33-29-26-23-20-17-14-11-8-5-2)61-70-64(67)58-55-52-49-46-43-40-37-34-30-27-24-21-18-15-12-9-6-3/h7-8,10-11,16-21,25-30,32,35-37,39-41,44-46,48-49,62H,4-6,9,12-15,22-24,31,33-34,38,42-43,47,50-61H2,1-3H3/b10-7-,11-8-,19-16-,20-17-,21-18-,28-25-,29-26-,30-27-,35-32-,39-36-,40-37-,44-41-,48-45-,49-46-/t62-/m1/s1. The van der Waals surface area contributed by atoms with Crippen LogP contribution in [0.3, 0.4) is 0 Å². The van der Waals surface area contributed by atoms with Crippen LogP contribution in [0.25, 0.3) is 0 Å². The highest BCUT2D eigenvalue weighted by atomic mass is 16.6. The van der Waals surface area contributed by atoms with Crippen LogP contribution in [0.2, 0.25) is 0 Å². The van der Waals surface area contributed by atoms with Crippen LogP contribution in [0, 0.1) is 0 Å². The second-order valence-electron chi connectivity index (χ2n) is 17.4. The molecule has 1 atom stereocenters. The van der Waals surface area contributed by atoms with Crippen molar-refractivity contribution in [1.82, 2.24) is 0 Å². The average molecular weight is 975 g/mol. The van der Waals surface area contributed by atoms with E-state index in [2.05, 4.69) is 191 Å². The number of rotatable bonds is 47. The fourth-order valence-electron chi connectivity index (χ4n) is 6.61. The van der Waals surface area contributed by atoms with Gasteiger partial charge in [0.2, 0.25) is 0 Å². The summed E-state index contributed by atoms with van der Waals surface area (Å²) in [7, 11) is 0. The molecule has 0 aromatic rings. The van der Waals surface area contributed by atoms with Gasteiger partial charge in [0.05, 0.1) is 0 Å². The Morgan fingerprint density at radius 2 is 0.563 bits per heavy atom. The van der Waals surface area contributed by atoms with Crippen molar-refractivity contribution in [3.8, 4) is 0 Å². The Labute approximate surface area is 434 Å². The smallest absolute Gasteiger partial charge is 0.306 e. The number of esters is 3. The molecule has 0 aliphatic carbocycles. The van der Waals surface area contributed by atoms with Gasteiger partial charge in [0.15, 0.2) is 6.10 Å². The summed E-state index contributed by atoms with van der Waals surface area (Å²) in [5.74, 6) is -1.10. The fourth-order valence-corrected chi connectivity index (χ4v) is 6.61. The molecule has 0 unspecified atom stereocenters. The molecule has 0 amide bonds. The number of unbranched alkanes of at least 4 members (excludes halogenated alkanes) is 8. The zero-order chi connectivity index (χ0) is 51.4. The van der Waals surface area contributed by atoms with Crippen molar-refractivity contribution in [3.05, 3.63) is 170 Å². The van der Waals surface area contributed by atoms with E-state index in [1.807, 2.05) is 0 Å². The van der Waals surface area contributed by atoms with Gasteiger partial charge in [-0.2, -0.15) is 0 Å². The van der Waals surface area contributed by atoms with Crippen LogP contribution in [0.4, 0.5) is 0 Å². The summed E-state index contributed by atoms with van der Waals surface area (Å²) in [5.41, 5.74) is 0. The van der Waals surface area contributed by atoms with Crippen molar-refractivity contribution in [2.24, 2.45) is 0 Å². The minimum absolute atomic E-state index is 0.147. The number of allylic oxidation sites excluding steroid dienone is 28. The predicted octanol–water partition coefficient (Wildman–Crippen LogP) is 18.8. The van der Waals surface area contributed by atoms with Crippen molar-refractivity contribution in [3.63, 3.8) is 0 Å². The van der Waals surface area contributed by atoms with Gasteiger partial charge < -0.3 is 14.2 Å². The van der Waals surface area contributed by atoms with Gasteiger partial charge in [-0.05, 0) is 141 Å². The number of hydrogen-bond acceptors (Lipinski definition) is 6. The Bertz CT molecular complexity index is 1690. The molecule has 0 fully saturated rings. The molecule has 0 N–H and O–H groups in total. The summed E-state index contributed by atoms with van der Waals surface area (Å²) in [4.78, 5) is 38.1. The predicted molar refractivity (Wildman–Crippen MR) is 306 cm³/mol. The van der Waals surface area contributed by atoms with Crippen molar-refractivity contribution < 1.29 is 28.6 Å². The van der Waals surface area contributed by atoms with E-state index in [9.17, 15) is 14.4 Å². The average Bonchev–Trinajstić information content (AvgIpc) is 3.37. The third-order valence-corrected chi connectivity index (χ3v) is 10.7. The van der Waals surface area contributed by atoms with E-state index in [4.69, 9.17) is 14.2 Å². The monoisotopic (exact) mass is 975 g/mol. The SMILES string of the molecule is CC/C=C\C/C=C\C/C=C\C/C=C\C/C=C\CCCCCC(=O)O[C@H](COC(=O)CCC/C=C\C/C=C\C/C=C\C/C=C\C/C=C\CC)COC(=O)CCC/C=C\C/C=C\C/C=C\C/C=C\CCCCC. The molecule has 0 saturated heterocycles. The summed E-state index contributed by atoms with van der Waals surface area (Å²) >= 11 is 0. The molecule has 394 valence electrons. The summed E-state index contributed by atoms with van der Waals surface area (Å²) in [6, 6.07) is 0. The van der Waals surface area contributed by atoms with Crippen LogP contribution in [-0.4, -0.2) is 37.2 Å². The molecule has 0 radical (unpaired) electrons. The summed E-state index contributed by atoms with van der Waals surface area (Å²) in [6.07, 6.45) is 84.9. The summed E-state index contributed by atoms with van der Waals surface area (Å²) < 4.78 is 16.7. The maximum absolute atomic E-state index is 12.8. The molecule has 0 aromatic heterocycles. The van der Waals surface area contributed by atoms with Gasteiger partial charge >= 0.3 is 17.9 Å². The molecule has 0 aliphatic rings. The molecule has 0 saturated carbocycles. The number of carbonyl (C=O) groups is 3. The topological polar surface area (TPSA) is 78.9 Å². The lowest BCUT2D eigenvalue weighted by Crippen LogP contribution is -2.30. The third kappa shape index (κ3) is 55.6. The molecule has 0 heterocycles. The highest BCUT2D eigenvalue weighted by Crippen LogP contribution is 2.10. The van der Waals surface area contributed by atoms with Gasteiger partial charge in [-0.3, -0.25) is 14.4 Å². The highest BCUT2D eigenvalue weighted by Gasteiger charge is 2.19. The van der Waals surface area contributed by atoms with Crippen LogP contribution in [-0.2, 0) is 28.6 Å². The van der Waals surface area contributed by atoms with Crippen molar-refractivity contribution >= 4 is 17.9 Å². The number of hydrogen-bond donors (Lipinski definition) is 0. The Balaban J connectivity index is 4.67. The van der Waals surface area contributed by atoms with Gasteiger partial charge in [-0.1, -0.05) is 210 Å². The lowest BCUT2D eigenvalue weighted by Gasteiger charge is -2.18. The molecular formula is C65H98O6. The first-order valence-electron chi connectivity index (χ1n) is 27.6. The molecule has 6 heteroatoms. The zero-order valence-electron chi connectivity index (χ0n) is 44.9. The maximum atomic E-state index is 12.8. The number of carbonyl (C=O) groups excluding carboxylic acids is 3. The molecule has 0 spiro atoms. The fraction of sp³-hybridized carbons (Fsp3) is 0.523. The number of ether oxygens (including phenoxy) is 3. The molecule has 6 nitrogen and oxygen atoms in total. The summed E-state index contributed by atoms with van der Waals surface area (Å²) in [5, 5.41) is 0. The third-order valence-electron chi connectivity index (χ3n) is 10.7. The van der Waals surface area contributed by atoms with Gasteiger partial charge in [0, 0.05) is 19.3 Å². The van der Waals surface area contributed by atoms with Crippen molar-refractivity contribution in [1.29, 1.82) is 0 Å². The van der Waals surface area contributed by atoms with Gasteiger partial charge in [-0.25, -0.2) is 0 Å². The molecule has 71 heavy (non-hydrogen) atoms. The van der Waals surface area contributed by atoms with E-state index in [1.54, 1.807) is 0 Å². The minimum Gasteiger partial charge on any atom is -0.462 e. The maximum Gasteiger partial charge on any atom is 0.306 e. The molecule has 0 rings (SSSR count).